The monoisotopic (exact) mass is 251 g/mol. The molecular formula is C13H18FN3O. The summed E-state index contributed by atoms with van der Waals surface area (Å²) < 4.78 is 18.8. The number of hydrogen-bond acceptors (Lipinski definition) is 3. The molecule has 0 aliphatic carbocycles. The molecule has 1 fully saturated rings. The van der Waals surface area contributed by atoms with Gasteiger partial charge in [0.1, 0.15) is 11.7 Å². The van der Waals surface area contributed by atoms with Gasteiger partial charge < -0.3 is 15.4 Å². The highest BCUT2D eigenvalue weighted by atomic mass is 19.1. The quantitative estimate of drug-likeness (QED) is 0.635. The Morgan fingerprint density at radius 3 is 3.06 bits per heavy atom. The van der Waals surface area contributed by atoms with Crippen LogP contribution in [0.5, 0.6) is 0 Å². The number of nitrogens with two attached hydrogens (primary N) is 1. The molecule has 1 aromatic rings. The number of morpholine rings is 1. The highest BCUT2D eigenvalue weighted by Crippen LogP contribution is 2.24. The van der Waals surface area contributed by atoms with Gasteiger partial charge in [-0.3, -0.25) is 5.41 Å². The van der Waals surface area contributed by atoms with Crippen LogP contribution in [-0.4, -0.2) is 31.6 Å². The number of nitrogens with one attached hydrogen (secondary N) is 1. The summed E-state index contributed by atoms with van der Waals surface area (Å²) in [5, 5.41) is 7.54. The summed E-state index contributed by atoms with van der Waals surface area (Å²) in [5.74, 6) is -0.478. The van der Waals surface area contributed by atoms with E-state index in [-0.39, 0.29) is 17.8 Å². The molecule has 18 heavy (non-hydrogen) atoms. The molecule has 98 valence electrons. The normalized spacial score (nSPS) is 19.9. The number of benzene rings is 1. The first kappa shape index (κ1) is 12.8. The van der Waals surface area contributed by atoms with Gasteiger partial charge in [-0.1, -0.05) is 6.92 Å². The largest absolute Gasteiger partial charge is 0.384 e. The SMILES string of the molecule is CCC1CN(c2ccc(F)cc2C(=N)N)CCO1. The van der Waals surface area contributed by atoms with Crippen molar-refractivity contribution < 1.29 is 9.13 Å². The average Bonchev–Trinajstić information content (AvgIpc) is 2.38. The smallest absolute Gasteiger partial charge is 0.125 e. The summed E-state index contributed by atoms with van der Waals surface area (Å²) in [6, 6.07) is 4.40. The lowest BCUT2D eigenvalue weighted by atomic mass is 10.1. The summed E-state index contributed by atoms with van der Waals surface area (Å²) in [6.07, 6.45) is 1.12. The van der Waals surface area contributed by atoms with Gasteiger partial charge in [0.05, 0.1) is 12.7 Å². The minimum absolute atomic E-state index is 0.107. The molecule has 1 aliphatic rings. The molecule has 3 N–H and O–H groups in total. The number of rotatable bonds is 3. The van der Waals surface area contributed by atoms with Crippen molar-refractivity contribution in [1.82, 2.24) is 0 Å². The van der Waals surface area contributed by atoms with Gasteiger partial charge in [-0.05, 0) is 24.6 Å². The first-order valence-corrected chi connectivity index (χ1v) is 6.12. The Morgan fingerprint density at radius 1 is 1.61 bits per heavy atom. The van der Waals surface area contributed by atoms with Crippen LogP contribution < -0.4 is 10.6 Å². The Labute approximate surface area is 106 Å². The number of amidine groups is 1. The fourth-order valence-corrected chi connectivity index (χ4v) is 2.18. The third kappa shape index (κ3) is 2.61. The molecule has 0 amide bonds. The molecular weight excluding hydrogens is 233 g/mol. The number of ether oxygens (including phenoxy) is 1. The molecule has 0 radical (unpaired) electrons. The van der Waals surface area contributed by atoms with Crippen LogP contribution >= 0.6 is 0 Å². The van der Waals surface area contributed by atoms with Crippen molar-refractivity contribution in [3.8, 4) is 0 Å². The zero-order valence-electron chi connectivity index (χ0n) is 10.4. The minimum Gasteiger partial charge on any atom is -0.384 e. The molecule has 2 rings (SSSR count). The second-order valence-electron chi connectivity index (χ2n) is 4.42. The average molecular weight is 251 g/mol. The summed E-state index contributed by atoms with van der Waals surface area (Å²) in [5.41, 5.74) is 6.78. The topological polar surface area (TPSA) is 62.3 Å². The highest BCUT2D eigenvalue weighted by Gasteiger charge is 2.22. The lowest BCUT2D eigenvalue weighted by molar-refractivity contribution is 0.0384. The lowest BCUT2D eigenvalue weighted by Gasteiger charge is -2.35. The molecule has 0 bridgehead atoms. The van der Waals surface area contributed by atoms with E-state index in [1.54, 1.807) is 6.07 Å². The molecule has 0 aromatic heterocycles. The van der Waals surface area contributed by atoms with E-state index in [4.69, 9.17) is 15.9 Å². The molecule has 4 nitrogen and oxygen atoms in total. The van der Waals surface area contributed by atoms with E-state index < -0.39 is 0 Å². The summed E-state index contributed by atoms with van der Waals surface area (Å²) in [4.78, 5) is 2.10. The number of anilines is 1. The van der Waals surface area contributed by atoms with Crippen LogP contribution in [0.3, 0.4) is 0 Å². The van der Waals surface area contributed by atoms with Gasteiger partial charge in [0.15, 0.2) is 0 Å². The van der Waals surface area contributed by atoms with Crippen LogP contribution in [0.25, 0.3) is 0 Å². The Morgan fingerprint density at radius 2 is 2.39 bits per heavy atom. The number of nitrogen functional groups attached to an aromatic ring is 1. The molecule has 1 atom stereocenters. The van der Waals surface area contributed by atoms with E-state index in [0.29, 0.717) is 12.2 Å². The van der Waals surface area contributed by atoms with Gasteiger partial charge in [0.25, 0.3) is 0 Å². The predicted molar refractivity (Wildman–Crippen MR) is 69.7 cm³/mol. The van der Waals surface area contributed by atoms with Gasteiger partial charge in [0.2, 0.25) is 0 Å². The third-order valence-corrected chi connectivity index (χ3v) is 3.18. The molecule has 1 aromatic carbocycles. The van der Waals surface area contributed by atoms with Gasteiger partial charge in [-0.2, -0.15) is 0 Å². The molecule has 0 saturated carbocycles. The maximum atomic E-state index is 13.2. The highest BCUT2D eigenvalue weighted by molar-refractivity contribution is 6.00. The van der Waals surface area contributed by atoms with Crippen LogP contribution in [0.4, 0.5) is 10.1 Å². The zero-order chi connectivity index (χ0) is 13.1. The zero-order valence-corrected chi connectivity index (χ0v) is 10.4. The summed E-state index contributed by atoms with van der Waals surface area (Å²) in [6.45, 7) is 4.21. The van der Waals surface area contributed by atoms with Crippen molar-refractivity contribution in [2.24, 2.45) is 5.73 Å². The van der Waals surface area contributed by atoms with E-state index in [1.807, 2.05) is 0 Å². The van der Waals surface area contributed by atoms with E-state index >= 15 is 0 Å². The van der Waals surface area contributed by atoms with Crippen molar-refractivity contribution in [3.05, 3.63) is 29.6 Å². The van der Waals surface area contributed by atoms with E-state index in [0.717, 1.165) is 25.2 Å². The first-order valence-electron chi connectivity index (χ1n) is 6.12. The van der Waals surface area contributed by atoms with E-state index in [9.17, 15) is 4.39 Å². The van der Waals surface area contributed by atoms with Crippen LogP contribution in [0.2, 0.25) is 0 Å². The Bertz CT molecular complexity index is 450. The van der Waals surface area contributed by atoms with E-state index in [1.165, 1.54) is 12.1 Å². The van der Waals surface area contributed by atoms with Crippen molar-refractivity contribution in [2.75, 3.05) is 24.6 Å². The van der Waals surface area contributed by atoms with Crippen molar-refractivity contribution >= 4 is 11.5 Å². The second kappa shape index (κ2) is 5.35. The van der Waals surface area contributed by atoms with Crippen molar-refractivity contribution in [1.29, 1.82) is 5.41 Å². The van der Waals surface area contributed by atoms with Crippen LogP contribution in [-0.2, 0) is 4.74 Å². The fraction of sp³-hybridized carbons (Fsp3) is 0.462. The Kier molecular flexibility index (Phi) is 3.81. The molecule has 1 unspecified atom stereocenters. The molecule has 1 aliphatic heterocycles. The van der Waals surface area contributed by atoms with Gasteiger partial charge in [-0.25, -0.2) is 4.39 Å². The fourth-order valence-electron chi connectivity index (χ4n) is 2.18. The van der Waals surface area contributed by atoms with E-state index in [2.05, 4.69) is 11.8 Å². The standard InChI is InChI=1S/C13H18FN3O/c1-2-10-8-17(5-6-18-10)12-4-3-9(14)7-11(12)13(15)16/h3-4,7,10H,2,5-6,8H2,1H3,(H3,15,16). The maximum absolute atomic E-state index is 13.2. The number of hydrogen-bond donors (Lipinski definition) is 2. The summed E-state index contributed by atoms with van der Waals surface area (Å²) >= 11 is 0. The van der Waals surface area contributed by atoms with Crippen LogP contribution in [0.15, 0.2) is 18.2 Å². The molecule has 0 spiro atoms. The van der Waals surface area contributed by atoms with Crippen molar-refractivity contribution in [2.45, 2.75) is 19.4 Å². The minimum atomic E-state index is -0.371. The molecule has 1 saturated heterocycles. The molecule has 5 heteroatoms. The number of nitrogens with zero attached hydrogens (tertiary/aromatic N) is 1. The number of halogens is 1. The van der Waals surface area contributed by atoms with Crippen LogP contribution in [0, 0.1) is 11.2 Å². The lowest BCUT2D eigenvalue weighted by Crippen LogP contribution is -2.43. The van der Waals surface area contributed by atoms with Gasteiger partial charge >= 0.3 is 0 Å². The molecule has 1 heterocycles. The van der Waals surface area contributed by atoms with Gasteiger partial charge in [0, 0.05) is 24.3 Å². The van der Waals surface area contributed by atoms with Crippen LogP contribution in [0.1, 0.15) is 18.9 Å². The maximum Gasteiger partial charge on any atom is 0.125 e. The third-order valence-electron chi connectivity index (χ3n) is 3.18. The Balaban J connectivity index is 2.29. The van der Waals surface area contributed by atoms with Crippen molar-refractivity contribution in [3.63, 3.8) is 0 Å². The Hall–Kier alpha value is -1.62. The van der Waals surface area contributed by atoms with Gasteiger partial charge in [-0.15, -0.1) is 0 Å². The summed E-state index contributed by atoms with van der Waals surface area (Å²) in [7, 11) is 0. The first-order chi connectivity index (χ1) is 8.61. The predicted octanol–water partition coefficient (Wildman–Crippen LogP) is 1.72. The second-order valence-corrected chi connectivity index (χ2v) is 4.42.